The number of halogens is 2. The predicted molar refractivity (Wildman–Crippen MR) is 37.7 cm³/mol. The highest BCUT2D eigenvalue weighted by Gasteiger charge is 2.09. The number of pyridine rings is 1. The lowest BCUT2D eigenvalue weighted by atomic mass is 10.3. The van der Waals surface area contributed by atoms with Crippen LogP contribution in [0, 0.1) is 5.82 Å². The lowest BCUT2D eigenvalue weighted by Gasteiger charge is -1.95. The molecule has 0 aliphatic carbocycles. The first-order valence-corrected chi connectivity index (χ1v) is 3.11. The lowest BCUT2D eigenvalue weighted by Crippen LogP contribution is -2.15. The monoisotopic (exact) mass is 174 g/mol. The molecule has 1 rings (SSSR count). The molecular weight excluding hydrogens is 171 g/mol. The maximum absolute atomic E-state index is 12.6. The van der Waals surface area contributed by atoms with Crippen molar-refractivity contribution in [2.45, 2.75) is 0 Å². The van der Waals surface area contributed by atoms with Gasteiger partial charge in [-0.2, -0.15) is 0 Å². The second kappa shape index (κ2) is 2.84. The number of hydrogen-bond donors (Lipinski definition) is 1. The van der Waals surface area contributed by atoms with E-state index in [4.69, 9.17) is 17.3 Å². The second-order valence-electron chi connectivity index (χ2n) is 1.83. The summed E-state index contributed by atoms with van der Waals surface area (Å²) >= 11 is 5.38. The third kappa shape index (κ3) is 1.65. The van der Waals surface area contributed by atoms with Gasteiger partial charge in [0.15, 0.2) is 11.5 Å². The zero-order valence-corrected chi connectivity index (χ0v) is 6.10. The zero-order chi connectivity index (χ0) is 8.43. The fourth-order valence-corrected chi connectivity index (χ4v) is 0.739. The highest BCUT2D eigenvalue weighted by Crippen LogP contribution is 2.08. The van der Waals surface area contributed by atoms with E-state index in [1.807, 2.05) is 0 Å². The van der Waals surface area contributed by atoms with Gasteiger partial charge in [-0.1, -0.05) is 11.6 Å². The summed E-state index contributed by atoms with van der Waals surface area (Å²) in [6.45, 7) is 0. The first-order chi connectivity index (χ1) is 5.11. The standard InChI is InChI=1S/C6H4ClFN2O/c7-4-2-1-3(8)5(10-4)6(9)11/h1-2H,(H2,9,11). The summed E-state index contributed by atoms with van der Waals surface area (Å²) in [5.41, 5.74) is 4.35. The quantitative estimate of drug-likeness (QED) is 0.645. The van der Waals surface area contributed by atoms with Crippen LogP contribution in [0.4, 0.5) is 4.39 Å². The number of amides is 1. The SMILES string of the molecule is NC(=O)c1nc(Cl)ccc1F. The summed E-state index contributed by atoms with van der Waals surface area (Å²) in [4.78, 5) is 13.8. The largest absolute Gasteiger partial charge is 0.364 e. The Hall–Kier alpha value is -1.16. The highest BCUT2D eigenvalue weighted by atomic mass is 35.5. The minimum absolute atomic E-state index is 0.0419. The van der Waals surface area contributed by atoms with Crippen LogP contribution in [0.1, 0.15) is 10.5 Å². The summed E-state index contributed by atoms with van der Waals surface area (Å²) in [5.74, 6) is -1.69. The van der Waals surface area contributed by atoms with E-state index < -0.39 is 17.4 Å². The summed E-state index contributed by atoms with van der Waals surface area (Å²) < 4.78 is 12.6. The van der Waals surface area contributed by atoms with E-state index in [1.165, 1.54) is 6.07 Å². The average Bonchev–Trinajstić information content (AvgIpc) is 1.94. The molecule has 0 aromatic carbocycles. The van der Waals surface area contributed by atoms with Gasteiger partial charge >= 0.3 is 0 Å². The van der Waals surface area contributed by atoms with Gasteiger partial charge in [0.2, 0.25) is 0 Å². The molecule has 0 saturated carbocycles. The smallest absolute Gasteiger partial charge is 0.270 e. The molecule has 11 heavy (non-hydrogen) atoms. The van der Waals surface area contributed by atoms with E-state index in [0.29, 0.717) is 0 Å². The van der Waals surface area contributed by atoms with Crippen LogP contribution in [-0.2, 0) is 0 Å². The molecule has 0 fully saturated rings. The summed E-state index contributed by atoms with van der Waals surface area (Å²) in [7, 11) is 0. The Kier molecular flexibility index (Phi) is 2.05. The number of aromatic nitrogens is 1. The van der Waals surface area contributed by atoms with Crippen molar-refractivity contribution in [2.24, 2.45) is 5.73 Å². The number of hydrogen-bond acceptors (Lipinski definition) is 2. The normalized spacial score (nSPS) is 9.64. The maximum atomic E-state index is 12.6. The molecule has 5 heteroatoms. The molecule has 0 unspecified atom stereocenters. The van der Waals surface area contributed by atoms with Gasteiger partial charge in [0.25, 0.3) is 5.91 Å². The molecule has 0 aliphatic rings. The molecular formula is C6H4ClFN2O. The molecule has 0 spiro atoms. The number of carbonyl (C=O) groups excluding carboxylic acids is 1. The number of nitrogens with zero attached hydrogens (tertiary/aromatic N) is 1. The van der Waals surface area contributed by atoms with Crippen LogP contribution in [0.25, 0.3) is 0 Å². The number of rotatable bonds is 1. The topological polar surface area (TPSA) is 56.0 Å². The molecule has 0 saturated heterocycles. The Labute approximate surface area is 67.0 Å². The lowest BCUT2D eigenvalue weighted by molar-refractivity contribution is 0.0991. The zero-order valence-electron chi connectivity index (χ0n) is 5.34. The van der Waals surface area contributed by atoms with E-state index in [-0.39, 0.29) is 5.15 Å². The number of carbonyl (C=O) groups is 1. The summed E-state index contributed by atoms with van der Waals surface area (Å²) in [6, 6.07) is 2.28. The van der Waals surface area contributed by atoms with Gasteiger partial charge in [0.05, 0.1) is 0 Å². The average molecular weight is 175 g/mol. The van der Waals surface area contributed by atoms with Crippen molar-refractivity contribution in [1.29, 1.82) is 0 Å². The van der Waals surface area contributed by atoms with Gasteiger partial charge in [0, 0.05) is 0 Å². The van der Waals surface area contributed by atoms with E-state index >= 15 is 0 Å². The molecule has 2 N–H and O–H groups in total. The van der Waals surface area contributed by atoms with E-state index in [1.54, 1.807) is 0 Å². The van der Waals surface area contributed by atoms with Gasteiger partial charge in [0.1, 0.15) is 5.15 Å². The molecule has 1 heterocycles. The van der Waals surface area contributed by atoms with Gasteiger partial charge in [-0.25, -0.2) is 9.37 Å². The molecule has 0 aliphatic heterocycles. The summed E-state index contributed by atoms with van der Waals surface area (Å²) in [5, 5.41) is 0.0419. The van der Waals surface area contributed by atoms with Crippen molar-refractivity contribution in [3.63, 3.8) is 0 Å². The van der Waals surface area contributed by atoms with E-state index in [0.717, 1.165) is 6.07 Å². The summed E-state index contributed by atoms with van der Waals surface area (Å²) in [6.07, 6.45) is 0. The van der Waals surface area contributed by atoms with Gasteiger partial charge in [-0.3, -0.25) is 4.79 Å². The Bertz CT molecular complexity index is 303. The second-order valence-corrected chi connectivity index (χ2v) is 2.22. The third-order valence-corrected chi connectivity index (χ3v) is 1.26. The Morgan fingerprint density at radius 1 is 1.64 bits per heavy atom. The predicted octanol–water partition coefficient (Wildman–Crippen LogP) is 0.973. The van der Waals surface area contributed by atoms with Crippen molar-refractivity contribution in [2.75, 3.05) is 0 Å². The van der Waals surface area contributed by atoms with E-state index in [2.05, 4.69) is 4.98 Å². The van der Waals surface area contributed by atoms with E-state index in [9.17, 15) is 9.18 Å². The van der Waals surface area contributed by atoms with Crippen molar-refractivity contribution < 1.29 is 9.18 Å². The van der Waals surface area contributed by atoms with Crippen molar-refractivity contribution in [3.05, 3.63) is 28.8 Å². The van der Waals surface area contributed by atoms with Crippen LogP contribution >= 0.6 is 11.6 Å². The molecule has 0 bridgehead atoms. The molecule has 1 amide bonds. The molecule has 3 nitrogen and oxygen atoms in total. The third-order valence-electron chi connectivity index (χ3n) is 1.05. The van der Waals surface area contributed by atoms with Crippen molar-refractivity contribution in [3.8, 4) is 0 Å². The Morgan fingerprint density at radius 2 is 2.27 bits per heavy atom. The van der Waals surface area contributed by atoms with Crippen LogP contribution < -0.4 is 5.73 Å². The number of nitrogens with two attached hydrogens (primary N) is 1. The highest BCUT2D eigenvalue weighted by molar-refractivity contribution is 6.29. The van der Waals surface area contributed by atoms with Crippen LogP contribution in [-0.4, -0.2) is 10.9 Å². The minimum atomic E-state index is -0.926. The van der Waals surface area contributed by atoms with Crippen LogP contribution in [0.15, 0.2) is 12.1 Å². The first-order valence-electron chi connectivity index (χ1n) is 2.73. The van der Waals surface area contributed by atoms with Crippen LogP contribution in [0.2, 0.25) is 5.15 Å². The fraction of sp³-hybridized carbons (Fsp3) is 0. The molecule has 0 atom stereocenters. The van der Waals surface area contributed by atoms with Crippen molar-refractivity contribution in [1.82, 2.24) is 4.98 Å². The first kappa shape index (κ1) is 7.94. The molecule has 1 aromatic rings. The van der Waals surface area contributed by atoms with Crippen LogP contribution in [0.3, 0.4) is 0 Å². The molecule has 1 aromatic heterocycles. The van der Waals surface area contributed by atoms with Gasteiger partial charge in [-0.05, 0) is 12.1 Å². The van der Waals surface area contributed by atoms with Gasteiger partial charge < -0.3 is 5.73 Å². The van der Waals surface area contributed by atoms with Crippen LogP contribution in [0.5, 0.6) is 0 Å². The van der Waals surface area contributed by atoms with Gasteiger partial charge in [-0.15, -0.1) is 0 Å². The molecule has 0 radical (unpaired) electrons. The van der Waals surface area contributed by atoms with Crippen molar-refractivity contribution >= 4 is 17.5 Å². The number of primary amides is 1. The Balaban J connectivity index is 3.23. The molecule has 58 valence electrons. The maximum Gasteiger partial charge on any atom is 0.270 e. The minimum Gasteiger partial charge on any atom is -0.364 e. The Morgan fingerprint density at radius 3 is 2.73 bits per heavy atom. The fourth-order valence-electron chi connectivity index (χ4n) is 0.591.